The van der Waals surface area contributed by atoms with Gasteiger partial charge in [0, 0.05) is 20.0 Å². The van der Waals surface area contributed by atoms with Crippen LogP contribution in [0.2, 0.25) is 0 Å². The van der Waals surface area contributed by atoms with Crippen molar-refractivity contribution < 1.29 is 24.2 Å². The third-order valence-corrected chi connectivity index (χ3v) is 2.76. The third kappa shape index (κ3) is 9.32. The fourth-order valence-corrected chi connectivity index (χ4v) is 1.54. The number of aliphatic carboxylic acids is 1. The van der Waals surface area contributed by atoms with Gasteiger partial charge >= 0.3 is 12.0 Å². The number of urea groups is 1. The molecule has 0 bridgehead atoms. The Morgan fingerprint density at radius 1 is 1.15 bits per heavy atom. The summed E-state index contributed by atoms with van der Waals surface area (Å²) in [6.45, 7) is 4.26. The maximum atomic E-state index is 11.6. The summed E-state index contributed by atoms with van der Waals surface area (Å²) in [6.07, 6.45) is 1.03. The zero-order valence-corrected chi connectivity index (χ0v) is 12.3. The Labute approximate surface area is 119 Å². The Kier molecular flexibility index (Phi) is 9.36. The van der Waals surface area contributed by atoms with E-state index in [9.17, 15) is 14.4 Å². The summed E-state index contributed by atoms with van der Waals surface area (Å²) in [7, 11) is 1.54. The lowest BCUT2D eigenvalue weighted by Gasteiger charge is -2.21. The van der Waals surface area contributed by atoms with Crippen LogP contribution in [0.4, 0.5) is 4.79 Å². The third-order valence-electron chi connectivity index (χ3n) is 2.76. The van der Waals surface area contributed by atoms with Crippen LogP contribution >= 0.6 is 0 Å². The van der Waals surface area contributed by atoms with E-state index in [-0.39, 0.29) is 24.8 Å². The Hall–Kier alpha value is -1.63. The molecule has 0 aromatic rings. The van der Waals surface area contributed by atoms with Gasteiger partial charge in [-0.15, -0.1) is 0 Å². The summed E-state index contributed by atoms with van der Waals surface area (Å²) in [5, 5.41) is 13.3. The number of amides is 3. The molecule has 0 rings (SSSR count). The van der Waals surface area contributed by atoms with E-state index in [2.05, 4.69) is 10.6 Å². The molecule has 0 aromatic heterocycles. The Morgan fingerprint density at radius 2 is 1.75 bits per heavy atom. The predicted octanol–water partition coefficient (Wildman–Crippen LogP) is 1.13. The van der Waals surface area contributed by atoms with Crippen molar-refractivity contribution in [3.05, 3.63) is 0 Å². The van der Waals surface area contributed by atoms with Gasteiger partial charge in [0.15, 0.2) is 0 Å². The molecule has 7 heteroatoms. The molecule has 0 heterocycles. The van der Waals surface area contributed by atoms with Gasteiger partial charge in [-0.1, -0.05) is 13.8 Å². The van der Waals surface area contributed by atoms with Crippen molar-refractivity contribution in [3.8, 4) is 0 Å². The summed E-state index contributed by atoms with van der Waals surface area (Å²) in [6, 6.07) is -0.719. The van der Waals surface area contributed by atoms with Crippen LogP contribution in [0.5, 0.6) is 0 Å². The molecule has 0 aliphatic rings. The van der Waals surface area contributed by atoms with E-state index in [0.717, 1.165) is 0 Å². The highest BCUT2D eigenvalue weighted by Gasteiger charge is 2.17. The lowest BCUT2D eigenvalue weighted by molar-refractivity contribution is -0.137. The van der Waals surface area contributed by atoms with Crippen LogP contribution in [0.15, 0.2) is 0 Å². The molecule has 116 valence electrons. The summed E-state index contributed by atoms with van der Waals surface area (Å²) in [5.74, 6) is -1.11. The zero-order valence-electron chi connectivity index (χ0n) is 12.3. The van der Waals surface area contributed by atoms with Gasteiger partial charge in [-0.3, -0.25) is 14.9 Å². The number of hydrogen-bond donors (Lipinski definition) is 3. The standard InChI is InChI=1S/C13H24N2O5/c1-9(2)10(8-20-3)14-13(19)15-11(16)6-4-5-7-12(17)18/h9-10H,4-8H2,1-3H3,(H,17,18)(H2,14,15,16,19). The monoisotopic (exact) mass is 288 g/mol. The highest BCUT2D eigenvalue weighted by molar-refractivity contribution is 5.94. The van der Waals surface area contributed by atoms with Crippen molar-refractivity contribution in [2.24, 2.45) is 5.92 Å². The van der Waals surface area contributed by atoms with Crippen molar-refractivity contribution in [1.82, 2.24) is 10.6 Å². The van der Waals surface area contributed by atoms with Gasteiger partial charge in [-0.25, -0.2) is 4.79 Å². The molecular formula is C13H24N2O5. The number of hydrogen-bond acceptors (Lipinski definition) is 4. The molecule has 0 radical (unpaired) electrons. The number of nitrogens with one attached hydrogen (secondary N) is 2. The highest BCUT2D eigenvalue weighted by Crippen LogP contribution is 2.02. The van der Waals surface area contributed by atoms with Crippen LogP contribution in [0, 0.1) is 5.92 Å². The van der Waals surface area contributed by atoms with Gasteiger partial charge in [0.25, 0.3) is 0 Å². The summed E-state index contributed by atoms with van der Waals surface area (Å²) in [5.41, 5.74) is 0. The topological polar surface area (TPSA) is 105 Å². The van der Waals surface area contributed by atoms with Crippen molar-refractivity contribution in [2.45, 2.75) is 45.6 Å². The fourth-order valence-electron chi connectivity index (χ4n) is 1.54. The van der Waals surface area contributed by atoms with Crippen molar-refractivity contribution in [2.75, 3.05) is 13.7 Å². The van der Waals surface area contributed by atoms with Crippen molar-refractivity contribution in [1.29, 1.82) is 0 Å². The summed E-state index contributed by atoms with van der Waals surface area (Å²) >= 11 is 0. The average Bonchev–Trinajstić information content (AvgIpc) is 2.33. The van der Waals surface area contributed by atoms with E-state index < -0.39 is 17.9 Å². The first-order valence-electron chi connectivity index (χ1n) is 6.67. The first-order valence-corrected chi connectivity index (χ1v) is 6.67. The largest absolute Gasteiger partial charge is 0.481 e. The molecule has 0 spiro atoms. The number of ether oxygens (including phenoxy) is 1. The molecule has 1 unspecified atom stereocenters. The van der Waals surface area contributed by atoms with E-state index in [1.165, 1.54) is 0 Å². The second-order valence-electron chi connectivity index (χ2n) is 4.93. The number of carboxylic acid groups (broad SMARTS) is 1. The van der Waals surface area contributed by atoms with Crippen molar-refractivity contribution in [3.63, 3.8) is 0 Å². The SMILES string of the molecule is COCC(NC(=O)NC(=O)CCCCC(=O)O)C(C)C. The predicted molar refractivity (Wildman–Crippen MR) is 73.3 cm³/mol. The number of imide groups is 1. The van der Waals surface area contributed by atoms with Gasteiger partial charge in [0.2, 0.25) is 5.91 Å². The number of rotatable bonds is 9. The minimum atomic E-state index is -0.887. The van der Waals surface area contributed by atoms with Crippen LogP contribution in [0.25, 0.3) is 0 Å². The van der Waals surface area contributed by atoms with Gasteiger partial charge in [0.05, 0.1) is 12.6 Å². The lowest BCUT2D eigenvalue weighted by atomic mass is 10.1. The average molecular weight is 288 g/mol. The van der Waals surface area contributed by atoms with E-state index in [0.29, 0.717) is 19.4 Å². The normalized spacial score (nSPS) is 12.0. The first kappa shape index (κ1) is 18.4. The molecule has 3 N–H and O–H groups in total. The minimum absolute atomic E-state index is 0.0305. The Morgan fingerprint density at radius 3 is 2.25 bits per heavy atom. The summed E-state index contributed by atoms with van der Waals surface area (Å²) < 4.78 is 4.99. The molecule has 0 saturated carbocycles. The number of carbonyl (C=O) groups is 3. The molecule has 0 aliphatic heterocycles. The molecular weight excluding hydrogens is 264 g/mol. The quantitative estimate of drug-likeness (QED) is 0.552. The van der Waals surface area contributed by atoms with E-state index in [1.54, 1.807) is 7.11 Å². The van der Waals surface area contributed by atoms with Crippen LogP contribution in [0.3, 0.4) is 0 Å². The molecule has 0 aromatic carbocycles. The van der Waals surface area contributed by atoms with E-state index >= 15 is 0 Å². The first-order chi connectivity index (χ1) is 9.36. The zero-order chi connectivity index (χ0) is 15.5. The number of methoxy groups -OCH3 is 1. The maximum Gasteiger partial charge on any atom is 0.321 e. The molecule has 0 saturated heterocycles. The fraction of sp³-hybridized carbons (Fsp3) is 0.769. The molecule has 0 fully saturated rings. The lowest BCUT2D eigenvalue weighted by Crippen LogP contribution is -2.48. The molecule has 3 amide bonds. The smallest absolute Gasteiger partial charge is 0.321 e. The van der Waals surface area contributed by atoms with E-state index in [1.807, 2.05) is 13.8 Å². The van der Waals surface area contributed by atoms with Crippen LogP contribution in [-0.2, 0) is 14.3 Å². The molecule has 7 nitrogen and oxygen atoms in total. The van der Waals surface area contributed by atoms with Gasteiger partial charge in [-0.05, 0) is 18.8 Å². The van der Waals surface area contributed by atoms with E-state index in [4.69, 9.17) is 9.84 Å². The maximum absolute atomic E-state index is 11.6. The number of unbranched alkanes of at least 4 members (excludes halogenated alkanes) is 1. The Bertz CT molecular complexity index is 331. The molecule has 20 heavy (non-hydrogen) atoms. The van der Waals surface area contributed by atoms with Gasteiger partial charge in [-0.2, -0.15) is 0 Å². The highest BCUT2D eigenvalue weighted by atomic mass is 16.5. The summed E-state index contributed by atoms with van der Waals surface area (Å²) in [4.78, 5) is 33.3. The van der Waals surface area contributed by atoms with Gasteiger partial charge < -0.3 is 15.2 Å². The second kappa shape index (κ2) is 10.2. The number of carbonyl (C=O) groups excluding carboxylic acids is 2. The minimum Gasteiger partial charge on any atom is -0.481 e. The second-order valence-corrected chi connectivity index (χ2v) is 4.93. The van der Waals surface area contributed by atoms with Crippen LogP contribution in [-0.4, -0.2) is 42.8 Å². The number of carboxylic acids is 1. The van der Waals surface area contributed by atoms with Crippen molar-refractivity contribution >= 4 is 17.9 Å². The molecule has 0 aliphatic carbocycles. The van der Waals surface area contributed by atoms with Gasteiger partial charge in [0.1, 0.15) is 0 Å². The van der Waals surface area contributed by atoms with Crippen LogP contribution in [0.1, 0.15) is 39.5 Å². The van der Waals surface area contributed by atoms with Crippen LogP contribution < -0.4 is 10.6 Å². The molecule has 1 atom stereocenters. The Balaban J connectivity index is 3.94.